The van der Waals surface area contributed by atoms with Gasteiger partial charge in [0.25, 0.3) is 0 Å². The van der Waals surface area contributed by atoms with Gasteiger partial charge in [0.15, 0.2) is 5.82 Å². The summed E-state index contributed by atoms with van der Waals surface area (Å²) in [5, 5.41) is 11.9. The molecule has 5 nitrogen and oxygen atoms in total. The van der Waals surface area contributed by atoms with Crippen molar-refractivity contribution in [1.82, 2.24) is 20.2 Å². The summed E-state index contributed by atoms with van der Waals surface area (Å²) in [5.41, 5.74) is 8.79. The summed E-state index contributed by atoms with van der Waals surface area (Å²) in [4.78, 5) is 0. The molecule has 0 spiro atoms. The summed E-state index contributed by atoms with van der Waals surface area (Å²) in [6, 6.07) is 5.85. The number of unbranched alkanes of at least 4 members (excludes halogenated alkanes) is 2. The quantitative estimate of drug-likeness (QED) is 0.648. The number of hydrogen-bond acceptors (Lipinski definition) is 4. The lowest BCUT2D eigenvalue weighted by molar-refractivity contribution is 0.541. The van der Waals surface area contributed by atoms with E-state index in [0.717, 1.165) is 35.6 Å². The molecule has 1 heterocycles. The molecule has 5 heteroatoms. The van der Waals surface area contributed by atoms with Crippen molar-refractivity contribution in [3.63, 3.8) is 0 Å². The highest BCUT2D eigenvalue weighted by molar-refractivity contribution is 5.74. The van der Waals surface area contributed by atoms with E-state index in [4.69, 9.17) is 5.73 Å². The lowest BCUT2D eigenvalue weighted by Gasteiger charge is -2.09. The normalized spacial score (nSPS) is 10.8. The van der Waals surface area contributed by atoms with Crippen LogP contribution in [0.4, 0.5) is 5.69 Å². The Hall–Kier alpha value is -1.91. The Morgan fingerprint density at radius 1 is 1.28 bits per heavy atom. The first-order chi connectivity index (χ1) is 8.74. The predicted molar refractivity (Wildman–Crippen MR) is 71.9 cm³/mol. The average molecular weight is 245 g/mol. The van der Waals surface area contributed by atoms with Gasteiger partial charge >= 0.3 is 0 Å². The molecule has 0 unspecified atom stereocenters. The number of anilines is 1. The monoisotopic (exact) mass is 245 g/mol. The Morgan fingerprint density at radius 3 is 2.83 bits per heavy atom. The van der Waals surface area contributed by atoms with Crippen molar-refractivity contribution in [1.29, 1.82) is 0 Å². The summed E-state index contributed by atoms with van der Waals surface area (Å²) >= 11 is 0. The Kier molecular flexibility index (Phi) is 3.92. The van der Waals surface area contributed by atoms with Gasteiger partial charge in [0, 0.05) is 17.8 Å². The topological polar surface area (TPSA) is 69.6 Å². The molecule has 1 aromatic carbocycles. The maximum atomic E-state index is 6.03. The summed E-state index contributed by atoms with van der Waals surface area (Å²) in [5.74, 6) is 0.765. The molecule has 2 N–H and O–H groups in total. The van der Waals surface area contributed by atoms with E-state index < -0.39 is 0 Å². The molecule has 96 valence electrons. The fourth-order valence-corrected chi connectivity index (χ4v) is 2.04. The minimum Gasteiger partial charge on any atom is -0.398 e. The molecular weight excluding hydrogens is 226 g/mol. The Morgan fingerprint density at radius 2 is 2.11 bits per heavy atom. The third kappa shape index (κ3) is 2.50. The average Bonchev–Trinajstić information content (AvgIpc) is 2.78. The SMILES string of the molecule is CCCCCn1nnnc1-c1c(C)cccc1N. The number of nitrogens with two attached hydrogens (primary N) is 1. The second kappa shape index (κ2) is 5.62. The van der Waals surface area contributed by atoms with Crippen LogP contribution in [-0.4, -0.2) is 20.2 Å². The summed E-state index contributed by atoms with van der Waals surface area (Å²) in [7, 11) is 0. The molecule has 0 fully saturated rings. The molecule has 2 aromatic rings. The highest BCUT2D eigenvalue weighted by Gasteiger charge is 2.13. The molecule has 0 bridgehead atoms. The summed E-state index contributed by atoms with van der Waals surface area (Å²) < 4.78 is 1.84. The van der Waals surface area contributed by atoms with Crippen molar-refractivity contribution in [3.05, 3.63) is 23.8 Å². The van der Waals surface area contributed by atoms with Crippen molar-refractivity contribution in [3.8, 4) is 11.4 Å². The van der Waals surface area contributed by atoms with Crippen LogP contribution in [0.1, 0.15) is 31.7 Å². The smallest absolute Gasteiger partial charge is 0.184 e. The van der Waals surface area contributed by atoms with Crippen LogP contribution in [0.3, 0.4) is 0 Å². The lowest BCUT2D eigenvalue weighted by Crippen LogP contribution is -2.05. The zero-order chi connectivity index (χ0) is 13.0. The minimum absolute atomic E-state index is 0.724. The van der Waals surface area contributed by atoms with E-state index in [1.54, 1.807) is 0 Å². The molecule has 0 amide bonds. The molecule has 1 aromatic heterocycles. The first-order valence-electron chi connectivity index (χ1n) is 6.35. The fraction of sp³-hybridized carbons (Fsp3) is 0.462. The van der Waals surface area contributed by atoms with Crippen LogP contribution < -0.4 is 5.73 Å². The second-order valence-electron chi connectivity index (χ2n) is 4.47. The maximum Gasteiger partial charge on any atom is 0.184 e. The lowest BCUT2D eigenvalue weighted by atomic mass is 10.1. The molecule has 2 rings (SSSR count). The van der Waals surface area contributed by atoms with Gasteiger partial charge in [-0.05, 0) is 35.4 Å². The van der Waals surface area contributed by atoms with Crippen LogP contribution in [0.25, 0.3) is 11.4 Å². The Labute approximate surface area is 107 Å². The largest absolute Gasteiger partial charge is 0.398 e. The van der Waals surface area contributed by atoms with Crippen LogP contribution >= 0.6 is 0 Å². The van der Waals surface area contributed by atoms with Crippen LogP contribution in [0.5, 0.6) is 0 Å². The third-order valence-corrected chi connectivity index (χ3v) is 3.03. The minimum atomic E-state index is 0.724. The first-order valence-corrected chi connectivity index (χ1v) is 6.35. The van der Waals surface area contributed by atoms with Gasteiger partial charge in [-0.3, -0.25) is 0 Å². The highest BCUT2D eigenvalue weighted by atomic mass is 15.5. The van der Waals surface area contributed by atoms with Gasteiger partial charge in [-0.1, -0.05) is 31.9 Å². The van der Waals surface area contributed by atoms with Gasteiger partial charge in [-0.25, -0.2) is 4.68 Å². The zero-order valence-corrected chi connectivity index (χ0v) is 10.9. The van der Waals surface area contributed by atoms with Crippen molar-refractivity contribution < 1.29 is 0 Å². The van der Waals surface area contributed by atoms with Crippen LogP contribution in [-0.2, 0) is 6.54 Å². The molecule has 0 aliphatic carbocycles. The van der Waals surface area contributed by atoms with Gasteiger partial charge < -0.3 is 5.73 Å². The van der Waals surface area contributed by atoms with E-state index in [9.17, 15) is 0 Å². The molecule has 0 atom stereocenters. The number of aromatic nitrogens is 4. The van der Waals surface area contributed by atoms with E-state index in [2.05, 4.69) is 22.4 Å². The molecule has 18 heavy (non-hydrogen) atoms. The molecule has 0 aliphatic heterocycles. The van der Waals surface area contributed by atoms with Crippen molar-refractivity contribution in [2.24, 2.45) is 0 Å². The van der Waals surface area contributed by atoms with Gasteiger partial charge in [0.2, 0.25) is 0 Å². The predicted octanol–water partition coefficient (Wildman–Crippen LogP) is 2.42. The fourth-order valence-electron chi connectivity index (χ4n) is 2.04. The number of nitrogen functional groups attached to an aromatic ring is 1. The molecule has 0 radical (unpaired) electrons. The number of tetrazole rings is 1. The Bertz CT molecular complexity index is 498. The molecule has 0 saturated carbocycles. The van der Waals surface area contributed by atoms with Crippen molar-refractivity contribution in [2.75, 3.05) is 5.73 Å². The third-order valence-electron chi connectivity index (χ3n) is 3.03. The van der Waals surface area contributed by atoms with Gasteiger partial charge in [-0.2, -0.15) is 0 Å². The van der Waals surface area contributed by atoms with Gasteiger partial charge in [-0.15, -0.1) is 5.10 Å². The van der Waals surface area contributed by atoms with E-state index in [1.807, 2.05) is 29.8 Å². The zero-order valence-electron chi connectivity index (χ0n) is 10.9. The molecule has 0 saturated heterocycles. The van der Waals surface area contributed by atoms with E-state index in [0.29, 0.717) is 0 Å². The first kappa shape index (κ1) is 12.5. The van der Waals surface area contributed by atoms with Crippen LogP contribution in [0, 0.1) is 6.92 Å². The van der Waals surface area contributed by atoms with Gasteiger partial charge in [0.1, 0.15) is 0 Å². The van der Waals surface area contributed by atoms with Crippen LogP contribution in [0.2, 0.25) is 0 Å². The molecular formula is C13H19N5. The van der Waals surface area contributed by atoms with Crippen molar-refractivity contribution in [2.45, 2.75) is 39.7 Å². The maximum absolute atomic E-state index is 6.03. The highest BCUT2D eigenvalue weighted by Crippen LogP contribution is 2.27. The summed E-state index contributed by atoms with van der Waals surface area (Å²) in [6.45, 7) is 5.04. The van der Waals surface area contributed by atoms with E-state index in [1.165, 1.54) is 12.8 Å². The standard InChI is InChI=1S/C13H19N5/c1-3-4-5-9-18-13(15-16-17-18)12-10(2)7-6-8-11(12)14/h6-8H,3-5,9,14H2,1-2H3. The second-order valence-corrected chi connectivity index (χ2v) is 4.47. The molecule has 0 aliphatic rings. The van der Waals surface area contributed by atoms with Crippen LogP contribution in [0.15, 0.2) is 18.2 Å². The number of aryl methyl sites for hydroxylation is 2. The number of hydrogen-bond donors (Lipinski definition) is 1. The number of benzene rings is 1. The van der Waals surface area contributed by atoms with E-state index in [-0.39, 0.29) is 0 Å². The Balaban J connectivity index is 2.31. The number of nitrogens with zero attached hydrogens (tertiary/aromatic N) is 4. The number of rotatable bonds is 5. The summed E-state index contributed by atoms with van der Waals surface area (Å²) in [6.07, 6.45) is 3.45. The van der Waals surface area contributed by atoms with E-state index >= 15 is 0 Å². The van der Waals surface area contributed by atoms with Gasteiger partial charge in [0.05, 0.1) is 0 Å². The van der Waals surface area contributed by atoms with Crippen molar-refractivity contribution >= 4 is 5.69 Å².